The molecular formula is C12H13N5O2. The molecule has 1 aromatic heterocycles. The fraction of sp³-hybridized carbons (Fsp3) is 0.333. The molecule has 0 amide bonds. The van der Waals surface area contributed by atoms with E-state index >= 15 is 0 Å². The zero-order valence-electron chi connectivity index (χ0n) is 10.2. The first-order chi connectivity index (χ1) is 9.13. The van der Waals surface area contributed by atoms with E-state index in [0.29, 0.717) is 17.9 Å². The van der Waals surface area contributed by atoms with Gasteiger partial charge < -0.3 is 5.73 Å². The summed E-state index contributed by atoms with van der Waals surface area (Å²) in [5.41, 5.74) is 6.58. The summed E-state index contributed by atoms with van der Waals surface area (Å²) < 4.78 is 1.79. The van der Waals surface area contributed by atoms with E-state index < -0.39 is 4.92 Å². The van der Waals surface area contributed by atoms with Crippen LogP contribution in [0.4, 0.5) is 5.69 Å². The van der Waals surface area contributed by atoms with Gasteiger partial charge in [0.25, 0.3) is 5.69 Å². The minimum atomic E-state index is -0.421. The van der Waals surface area contributed by atoms with Crippen LogP contribution in [0.3, 0.4) is 0 Å². The Morgan fingerprint density at radius 1 is 1.47 bits per heavy atom. The number of fused-ring (bicyclic) bond motifs is 1. The van der Waals surface area contributed by atoms with Gasteiger partial charge in [-0.2, -0.15) is 5.10 Å². The Morgan fingerprint density at radius 2 is 2.32 bits per heavy atom. The lowest BCUT2D eigenvalue weighted by molar-refractivity contribution is -0.384. The summed E-state index contributed by atoms with van der Waals surface area (Å²) in [4.78, 5) is 14.8. The Bertz CT molecular complexity index is 637. The molecule has 0 fully saturated rings. The molecule has 1 aliphatic rings. The second-order valence-electron chi connectivity index (χ2n) is 4.64. The van der Waals surface area contributed by atoms with E-state index in [2.05, 4.69) is 10.1 Å². The summed E-state index contributed by atoms with van der Waals surface area (Å²) in [7, 11) is 0. The van der Waals surface area contributed by atoms with Gasteiger partial charge in [0.05, 0.1) is 11.5 Å². The van der Waals surface area contributed by atoms with E-state index in [0.717, 1.165) is 18.7 Å². The van der Waals surface area contributed by atoms with E-state index in [1.54, 1.807) is 16.8 Å². The van der Waals surface area contributed by atoms with E-state index in [1.807, 2.05) is 0 Å². The van der Waals surface area contributed by atoms with Crippen molar-refractivity contribution in [1.29, 1.82) is 0 Å². The highest BCUT2D eigenvalue weighted by Gasteiger charge is 2.20. The first-order valence-electron chi connectivity index (χ1n) is 6.07. The van der Waals surface area contributed by atoms with Gasteiger partial charge in [0.1, 0.15) is 5.82 Å². The summed E-state index contributed by atoms with van der Waals surface area (Å²) in [6, 6.07) is 6.46. The summed E-state index contributed by atoms with van der Waals surface area (Å²) in [6.07, 6.45) is 1.69. The third kappa shape index (κ3) is 2.19. The number of nitrogens with zero attached hydrogens (tertiary/aromatic N) is 4. The van der Waals surface area contributed by atoms with Crippen LogP contribution in [0, 0.1) is 10.1 Å². The maximum absolute atomic E-state index is 10.8. The number of non-ortho nitro benzene ring substituents is 1. The zero-order chi connectivity index (χ0) is 13.4. The van der Waals surface area contributed by atoms with E-state index in [4.69, 9.17) is 5.73 Å². The van der Waals surface area contributed by atoms with Crippen molar-refractivity contribution < 1.29 is 4.92 Å². The summed E-state index contributed by atoms with van der Waals surface area (Å²) in [5, 5.41) is 15.1. The summed E-state index contributed by atoms with van der Waals surface area (Å²) in [6.45, 7) is 0.650. The average Bonchev–Trinajstić information content (AvgIpc) is 2.81. The standard InChI is InChI=1S/C12H13N5O2/c13-9-4-5-11-14-12(15-16(11)7-9)8-2-1-3-10(6-8)17(18)19/h1-3,6,9H,4-5,7,13H2. The number of nitrogens with two attached hydrogens (primary N) is 1. The van der Waals surface area contributed by atoms with Gasteiger partial charge >= 0.3 is 0 Å². The number of aryl methyl sites for hydroxylation is 1. The number of nitro groups is 1. The predicted octanol–water partition coefficient (Wildman–Crippen LogP) is 1.13. The van der Waals surface area contributed by atoms with Crippen molar-refractivity contribution in [3.63, 3.8) is 0 Å². The molecule has 2 aromatic rings. The molecule has 98 valence electrons. The van der Waals surface area contributed by atoms with Crippen LogP contribution in [0.5, 0.6) is 0 Å². The predicted molar refractivity (Wildman–Crippen MR) is 68.4 cm³/mol. The first-order valence-corrected chi connectivity index (χ1v) is 6.07. The van der Waals surface area contributed by atoms with Crippen LogP contribution in [0.2, 0.25) is 0 Å². The van der Waals surface area contributed by atoms with Gasteiger partial charge in [0.2, 0.25) is 0 Å². The van der Waals surface area contributed by atoms with Crippen LogP contribution in [0.15, 0.2) is 24.3 Å². The van der Waals surface area contributed by atoms with Crippen LogP contribution in [-0.2, 0) is 13.0 Å². The molecule has 1 aliphatic heterocycles. The minimum absolute atomic E-state index is 0.0435. The van der Waals surface area contributed by atoms with Crippen LogP contribution in [-0.4, -0.2) is 25.7 Å². The second kappa shape index (κ2) is 4.43. The molecule has 19 heavy (non-hydrogen) atoms. The maximum Gasteiger partial charge on any atom is 0.270 e. The number of benzene rings is 1. The van der Waals surface area contributed by atoms with Crippen LogP contribution < -0.4 is 5.73 Å². The van der Waals surface area contributed by atoms with Gasteiger partial charge in [-0.1, -0.05) is 12.1 Å². The van der Waals surface area contributed by atoms with Crippen molar-refractivity contribution in [1.82, 2.24) is 14.8 Å². The molecule has 0 radical (unpaired) electrons. The molecule has 0 aliphatic carbocycles. The van der Waals surface area contributed by atoms with Crippen molar-refractivity contribution in [2.75, 3.05) is 0 Å². The second-order valence-corrected chi connectivity index (χ2v) is 4.64. The molecule has 0 bridgehead atoms. The lowest BCUT2D eigenvalue weighted by Gasteiger charge is -2.17. The van der Waals surface area contributed by atoms with Crippen LogP contribution in [0.25, 0.3) is 11.4 Å². The third-order valence-corrected chi connectivity index (χ3v) is 3.21. The molecule has 0 saturated heterocycles. The Morgan fingerprint density at radius 3 is 3.11 bits per heavy atom. The Labute approximate surface area is 109 Å². The van der Waals surface area contributed by atoms with Gasteiger partial charge in [-0.25, -0.2) is 9.67 Å². The molecule has 2 heterocycles. The lowest BCUT2D eigenvalue weighted by atomic mass is 10.1. The third-order valence-electron chi connectivity index (χ3n) is 3.21. The molecule has 1 aromatic carbocycles. The Kier molecular flexibility index (Phi) is 2.75. The molecule has 1 unspecified atom stereocenters. The average molecular weight is 259 g/mol. The van der Waals surface area contributed by atoms with Crippen molar-refractivity contribution in [2.24, 2.45) is 5.73 Å². The van der Waals surface area contributed by atoms with Crippen LogP contribution >= 0.6 is 0 Å². The highest BCUT2D eigenvalue weighted by molar-refractivity contribution is 5.58. The summed E-state index contributed by atoms with van der Waals surface area (Å²) in [5.74, 6) is 1.41. The number of hydrogen-bond acceptors (Lipinski definition) is 5. The first kappa shape index (κ1) is 11.8. The number of aromatic nitrogens is 3. The van der Waals surface area contributed by atoms with E-state index in [-0.39, 0.29) is 11.7 Å². The van der Waals surface area contributed by atoms with Crippen molar-refractivity contribution >= 4 is 5.69 Å². The molecule has 3 rings (SSSR count). The van der Waals surface area contributed by atoms with Gasteiger partial charge in [-0.15, -0.1) is 0 Å². The largest absolute Gasteiger partial charge is 0.326 e. The maximum atomic E-state index is 10.8. The highest BCUT2D eigenvalue weighted by Crippen LogP contribution is 2.23. The molecule has 0 spiro atoms. The number of hydrogen-bond donors (Lipinski definition) is 1. The molecule has 2 N–H and O–H groups in total. The van der Waals surface area contributed by atoms with Gasteiger partial charge in [0.15, 0.2) is 5.82 Å². The quantitative estimate of drug-likeness (QED) is 0.643. The van der Waals surface area contributed by atoms with Crippen molar-refractivity contribution in [2.45, 2.75) is 25.4 Å². The zero-order valence-corrected chi connectivity index (χ0v) is 10.2. The number of rotatable bonds is 2. The van der Waals surface area contributed by atoms with E-state index in [1.165, 1.54) is 12.1 Å². The molecule has 0 saturated carbocycles. The Balaban J connectivity index is 1.99. The topological polar surface area (TPSA) is 99.9 Å². The molecule has 1 atom stereocenters. The van der Waals surface area contributed by atoms with Gasteiger partial charge in [0, 0.05) is 30.2 Å². The minimum Gasteiger partial charge on any atom is -0.326 e. The van der Waals surface area contributed by atoms with Crippen LogP contribution in [0.1, 0.15) is 12.2 Å². The van der Waals surface area contributed by atoms with E-state index in [9.17, 15) is 10.1 Å². The normalized spacial score (nSPS) is 18.1. The molecule has 7 nitrogen and oxygen atoms in total. The van der Waals surface area contributed by atoms with Gasteiger partial charge in [-0.05, 0) is 6.42 Å². The lowest BCUT2D eigenvalue weighted by Crippen LogP contribution is -2.32. The monoisotopic (exact) mass is 259 g/mol. The smallest absolute Gasteiger partial charge is 0.270 e. The molecule has 7 heteroatoms. The highest BCUT2D eigenvalue weighted by atomic mass is 16.6. The molecular weight excluding hydrogens is 246 g/mol. The van der Waals surface area contributed by atoms with Crippen molar-refractivity contribution in [3.8, 4) is 11.4 Å². The fourth-order valence-electron chi connectivity index (χ4n) is 2.21. The van der Waals surface area contributed by atoms with Crippen molar-refractivity contribution in [3.05, 3.63) is 40.2 Å². The summed E-state index contributed by atoms with van der Waals surface area (Å²) >= 11 is 0. The van der Waals surface area contributed by atoms with Gasteiger partial charge in [-0.3, -0.25) is 10.1 Å². The Hall–Kier alpha value is -2.28. The fourth-order valence-corrected chi connectivity index (χ4v) is 2.21. The number of nitro benzene ring substituents is 1. The SMILES string of the molecule is NC1CCc2nc(-c3cccc([N+](=O)[O-])c3)nn2C1.